The molecule has 2 amide bonds. The number of azo groups is 4. The SMILES string of the molecule is CCCCOc1cc(N=Nc2cc(C)c(N=Nc3cc4c(S(=O)(=O)O)cc(S(=O)(=O)O)cc4cc3S(=O)(=O)O)cc2C)c(C)cc1NC(=O)Nc1cc(C)c(N=Nc2cc(C)c(N=Nc3cc4c(S(=O)(=O)O)cc(S(=O)(=O)O)cc4cc3S(=O)(=O)O)cc2C)cc1OCCCS(=O)(=O)O. The fourth-order valence-corrected chi connectivity index (χ4v) is 13.9. The van der Waals surface area contributed by atoms with Crippen LogP contribution in [-0.2, 0) is 70.8 Å². The quantitative estimate of drug-likeness (QED) is 0.0146. The van der Waals surface area contributed by atoms with Gasteiger partial charge in [-0.25, -0.2) is 4.79 Å². The molecule has 0 saturated heterocycles. The Balaban J connectivity index is 1.05. The van der Waals surface area contributed by atoms with Crippen molar-refractivity contribution >= 4 is 155 Å². The fourth-order valence-electron chi connectivity index (χ4n) is 9.40. The highest BCUT2D eigenvalue weighted by atomic mass is 32.2. The molecule has 0 bridgehead atoms. The summed E-state index contributed by atoms with van der Waals surface area (Å²) >= 11 is 0. The molecule has 526 valence electrons. The van der Waals surface area contributed by atoms with Gasteiger partial charge in [-0.3, -0.25) is 31.9 Å². The topological polar surface area (TPSA) is 539 Å². The average Bonchev–Trinajstić information content (AvgIpc) is 0.758. The van der Waals surface area contributed by atoms with Gasteiger partial charge in [-0.15, -0.1) is 10.2 Å². The van der Waals surface area contributed by atoms with Gasteiger partial charge < -0.3 is 20.1 Å². The number of ether oxygens (including phenoxy) is 2. The van der Waals surface area contributed by atoms with E-state index < -0.39 is 145 Å². The highest BCUT2D eigenvalue weighted by Crippen LogP contribution is 2.42. The summed E-state index contributed by atoms with van der Waals surface area (Å²) in [6.45, 7) is 11.6. The van der Waals surface area contributed by atoms with E-state index in [1.165, 1.54) is 36.4 Å². The van der Waals surface area contributed by atoms with Crippen molar-refractivity contribution in [3.8, 4) is 11.5 Å². The summed E-state index contributed by atoms with van der Waals surface area (Å²) < 4.78 is 251. The third-order valence-electron chi connectivity index (χ3n) is 14.4. The van der Waals surface area contributed by atoms with Crippen molar-refractivity contribution in [3.63, 3.8) is 0 Å². The van der Waals surface area contributed by atoms with Crippen LogP contribution in [0.5, 0.6) is 11.5 Å². The van der Waals surface area contributed by atoms with Gasteiger partial charge >= 0.3 is 6.03 Å². The lowest BCUT2D eigenvalue weighted by atomic mass is 10.1. The van der Waals surface area contributed by atoms with Crippen LogP contribution in [0.15, 0.2) is 167 Å². The first-order valence-corrected chi connectivity index (χ1v) is 38.6. The number of hydrogen-bond donors (Lipinski definition) is 9. The summed E-state index contributed by atoms with van der Waals surface area (Å²) in [6, 6.07) is 16.5. The molecule has 0 aliphatic heterocycles. The number of carbonyl (C=O) groups excluding carboxylic acids is 1. The van der Waals surface area contributed by atoms with Gasteiger partial charge in [0.15, 0.2) is 0 Å². The monoisotopic (exact) mass is 1500 g/mol. The van der Waals surface area contributed by atoms with E-state index in [0.29, 0.717) is 87.6 Å². The maximum atomic E-state index is 14.0. The van der Waals surface area contributed by atoms with Gasteiger partial charge in [0.1, 0.15) is 42.5 Å². The zero-order valence-electron chi connectivity index (χ0n) is 52.5. The lowest BCUT2D eigenvalue weighted by Gasteiger charge is -2.17. The minimum atomic E-state index is -5.23. The molecule has 0 atom stereocenters. The number of aryl methyl sites for hydroxylation is 6. The van der Waals surface area contributed by atoms with Crippen LogP contribution in [-0.4, -0.2) is 116 Å². The molecule has 0 saturated carbocycles. The molecule has 0 aliphatic rings. The molecule has 9 N–H and O–H groups in total. The fraction of sp³-hybridized carbons (Fsp3) is 0.224. The molecule has 0 spiro atoms. The van der Waals surface area contributed by atoms with Gasteiger partial charge in [0, 0.05) is 22.9 Å². The largest absolute Gasteiger partial charge is 0.491 e. The van der Waals surface area contributed by atoms with Crippen LogP contribution in [0.3, 0.4) is 0 Å². The predicted octanol–water partition coefficient (Wildman–Crippen LogP) is 13.5. The standard InChI is InChI=1S/C58H58N10O24S7/c1-8-9-11-91-52-28-46(65-61-42-14-32(4)44(16-30(42)2)63-67-50-26-40-36(22-56(50)98(85,86)87)20-38(94(73,74)75)24-54(40)96(79,80)81)34(6)18-48(52)59-58(69)60-49-19-35(7)47(29-53(49)92-12-10-13-93(70,71)72)66-62-43-15-33(5)45(17-31(43)3)64-68-51-27-41-37(23-57(51)99(88,89)90)21-39(95(76,77)78)25-55(41)97(82,83)84/h14-29H,8-13H2,1-7H3,(H2,59,60,69)(H,70,71,72)(H,73,74,75)(H,76,77,78)(H,79,80,81)(H,82,83,84)(H,85,86,87)(H,88,89,90). The van der Waals surface area contributed by atoms with E-state index >= 15 is 0 Å². The van der Waals surface area contributed by atoms with E-state index in [2.05, 4.69) is 51.5 Å². The Hall–Kier alpha value is -9.08. The molecule has 8 aromatic carbocycles. The smallest absolute Gasteiger partial charge is 0.323 e. The minimum Gasteiger partial charge on any atom is -0.491 e. The van der Waals surface area contributed by atoms with Crippen molar-refractivity contribution in [2.45, 2.75) is 97.1 Å². The number of anilines is 2. The van der Waals surface area contributed by atoms with Gasteiger partial charge in [0.05, 0.1) is 74.3 Å². The number of benzene rings is 8. The molecular formula is C58H58N10O24S7. The molecule has 0 fully saturated rings. The number of nitrogens with zero attached hydrogens (tertiary/aromatic N) is 8. The zero-order valence-corrected chi connectivity index (χ0v) is 58.2. The van der Waals surface area contributed by atoms with Gasteiger partial charge in [0.2, 0.25) is 0 Å². The Bertz CT molecular complexity index is 5660. The number of nitrogens with one attached hydrogen (secondary N) is 2. The molecule has 34 nitrogen and oxygen atoms in total. The number of carbonyl (C=O) groups is 1. The van der Waals surface area contributed by atoms with E-state index in [1.807, 2.05) is 6.92 Å². The second kappa shape index (κ2) is 29.0. The van der Waals surface area contributed by atoms with Crippen LogP contribution in [0.2, 0.25) is 0 Å². The van der Waals surface area contributed by atoms with Crippen LogP contribution in [0.25, 0.3) is 21.5 Å². The molecule has 8 aromatic rings. The number of amides is 2. The molecule has 0 radical (unpaired) electrons. The van der Waals surface area contributed by atoms with E-state index in [9.17, 15) is 95.6 Å². The number of hydrogen-bond acceptors (Lipinski definition) is 25. The first kappa shape index (κ1) is 75.7. The summed E-state index contributed by atoms with van der Waals surface area (Å²) in [7, 11) is -35.4. The maximum absolute atomic E-state index is 14.0. The zero-order chi connectivity index (χ0) is 73.3. The second-order valence-corrected chi connectivity index (χ2v) is 31.9. The second-order valence-electron chi connectivity index (χ2n) is 22.0. The van der Waals surface area contributed by atoms with Gasteiger partial charge in [-0.2, -0.15) is 89.6 Å². The summed E-state index contributed by atoms with van der Waals surface area (Å²) in [5.74, 6) is -0.517. The van der Waals surface area contributed by atoms with Crippen molar-refractivity contribution in [2.24, 2.45) is 40.9 Å². The van der Waals surface area contributed by atoms with Crippen LogP contribution >= 0.6 is 0 Å². The first-order chi connectivity index (χ1) is 45.8. The van der Waals surface area contributed by atoms with Gasteiger partial charge in [0.25, 0.3) is 70.8 Å². The van der Waals surface area contributed by atoms with Gasteiger partial charge in [-0.1, -0.05) is 13.3 Å². The van der Waals surface area contributed by atoms with Crippen molar-refractivity contribution in [3.05, 3.63) is 130 Å². The molecule has 0 unspecified atom stereocenters. The van der Waals surface area contributed by atoms with Crippen LogP contribution in [0.4, 0.5) is 61.7 Å². The Morgan fingerprint density at radius 2 is 0.646 bits per heavy atom. The summed E-state index contributed by atoms with van der Waals surface area (Å²) in [4.78, 5) is 7.99. The number of rotatable bonds is 25. The van der Waals surface area contributed by atoms with E-state index in [4.69, 9.17) is 9.47 Å². The van der Waals surface area contributed by atoms with Crippen LogP contribution < -0.4 is 20.1 Å². The summed E-state index contributed by atoms with van der Waals surface area (Å²) in [5, 5.41) is 37.5. The Labute approximate surface area is 566 Å². The molecule has 0 heterocycles. The van der Waals surface area contributed by atoms with E-state index in [1.54, 1.807) is 53.7 Å². The van der Waals surface area contributed by atoms with Crippen molar-refractivity contribution in [2.75, 3.05) is 29.6 Å². The lowest BCUT2D eigenvalue weighted by Crippen LogP contribution is -2.21. The van der Waals surface area contributed by atoms with E-state index in [-0.39, 0.29) is 65.3 Å². The maximum Gasteiger partial charge on any atom is 0.323 e. The highest BCUT2D eigenvalue weighted by Gasteiger charge is 2.28. The molecule has 8 rings (SSSR count). The molecule has 99 heavy (non-hydrogen) atoms. The number of unbranched alkanes of at least 4 members (excludes halogenated alkanes) is 1. The van der Waals surface area contributed by atoms with Crippen LogP contribution in [0, 0.1) is 41.5 Å². The number of urea groups is 1. The Morgan fingerprint density at radius 1 is 0.354 bits per heavy atom. The average molecular weight is 1500 g/mol. The Morgan fingerprint density at radius 3 is 0.939 bits per heavy atom. The first-order valence-electron chi connectivity index (χ1n) is 28.3. The molecule has 0 aromatic heterocycles. The van der Waals surface area contributed by atoms with Crippen molar-refractivity contribution < 1.29 is 105 Å². The molecule has 41 heteroatoms. The Kier molecular flexibility index (Phi) is 22.2. The highest BCUT2D eigenvalue weighted by molar-refractivity contribution is 7.88. The third-order valence-corrected chi connectivity index (χ3v) is 20.4. The number of fused-ring (bicyclic) bond motifs is 2. The lowest BCUT2D eigenvalue weighted by molar-refractivity contribution is 0.261. The van der Waals surface area contributed by atoms with E-state index in [0.717, 1.165) is 18.6 Å². The van der Waals surface area contributed by atoms with Crippen molar-refractivity contribution in [1.82, 2.24) is 0 Å². The predicted molar refractivity (Wildman–Crippen MR) is 357 cm³/mol. The normalized spacial score (nSPS) is 13.0. The van der Waals surface area contributed by atoms with Crippen molar-refractivity contribution in [1.29, 1.82) is 0 Å². The summed E-state index contributed by atoms with van der Waals surface area (Å²) in [6.07, 6.45) is 1.15. The molecule has 0 aliphatic carbocycles. The third kappa shape index (κ3) is 19.0. The van der Waals surface area contributed by atoms with Crippen LogP contribution in [0.1, 0.15) is 59.6 Å². The minimum absolute atomic E-state index is 0.0218. The molecular weight excluding hydrogens is 1450 g/mol. The van der Waals surface area contributed by atoms with Gasteiger partial charge in [-0.05, 0) is 183 Å². The summed E-state index contributed by atoms with van der Waals surface area (Å²) in [5.41, 5.74) is 2.82.